The molecule has 0 atom stereocenters. The Bertz CT molecular complexity index is 791. The van der Waals surface area contributed by atoms with E-state index in [-0.39, 0.29) is 5.69 Å². The third-order valence-electron chi connectivity index (χ3n) is 2.74. The number of benzene rings is 2. The number of aromatic amines is 1. The van der Waals surface area contributed by atoms with Gasteiger partial charge in [-0.15, -0.1) is 0 Å². The van der Waals surface area contributed by atoms with E-state index in [0.29, 0.717) is 16.1 Å². The molecule has 2 aromatic carbocycles. The number of aromatic nitrogens is 2. The van der Waals surface area contributed by atoms with Crippen molar-refractivity contribution in [2.45, 2.75) is 0 Å². The topological polar surface area (TPSA) is 37.8 Å². The Morgan fingerprint density at radius 2 is 1.94 bits per heavy atom. The third-order valence-corrected chi connectivity index (χ3v) is 2.97. The number of hydrogen-bond acceptors (Lipinski definition) is 1. The van der Waals surface area contributed by atoms with Gasteiger partial charge in [0.05, 0.1) is 16.7 Å². The zero-order valence-corrected chi connectivity index (χ0v) is 9.91. The molecule has 0 radical (unpaired) electrons. The summed E-state index contributed by atoms with van der Waals surface area (Å²) in [7, 11) is 0. The molecule has 0 aliphatic carbocycles. The van der Waals surface area contributed by atoms with E-state index in [1.54, 1.807) is 36.4 Å². The van der Waals surface area contributed by atoms with Gasteiger partial charge in [-0.3, -0.25) is 4.57 Å². The molecule has 0 aliphatic heterocycles. The van der Waals surface area contributed by atoms with Gasteiger partial charge in [0, 0.05) is 5.02 Å². The molecule has 1 aromatic heterocycles. The molecule has 3 aromatic rings. The number of imidazole rings is 1. The predicted molar refractivity (Wildman–Crippen MR) is 68.9 cm³/mol. The first-order valence-electron chi connectivity index (χ1n) is 5.32. The predicted octanol–water partition coefficient (Wildman–Crippen LogP) is 3.11. The molecule has 1 N–H and O–H groups in total. The highest BCUT2D eigenvalue weighted by Gasteiger charge is 2.11. The van der Waals surface area contributed by atoms with Crippen LogP contribution in [-0.2, 0) is 0 Å². The fraction of sp³-hybridized carbons (Fsp3) is 0. The molecule has 1 heterocycles. The Morgan fingerprint density at radius 3 is 2.72 bits per heavy atom. The van der Waals surface area contributed by atoms with E-state index >= 15 is 0 Å². The molecule has 0 fully saturated rings. The van der Waals surface area contributed by atoms with Crippen LogP contribution in [0.1, 0.15) is 0 Å². The second-order valence-corrected chi connectivity index (χ2v) is 4.31. The summed E-state index contributed by atoms with van der Waals surface area (Å²) in [6.45, 7) is 0. The Morgan fingerprint density at radius 1 is 1.17 bits per heavy atom. The van der Waals surface area contributed by atoms with Gasteiger partial charge >= 0.3 is 5.69 Å². The van der Waals surface area contributed by atoms with Gasteiger partial charge in [0.15, 0.2) is 0 Å². The first kappa shape index (κ1) is 11.0. The Kier molecular flexibility index (Phi) is 2.45. The van der Waals surface area contributed by atoms with Crippen molar-refractivity contribution >= 4 is 22.6 Å². The lowest BCUT2D eigenvalue weighted by Gasteiger charge is -2.04. The first-order chi connectivity index (χ1) is 8.66. The van der Waals surface area contributed by atoms with Crippen molar-refractivity contribution in [3.63, 3.8) is 0 Å². The van der Waals surface area contributed by atoms with Crippen molar-refractivity contribution in [1.29, 1.82) is 0 Å². The fourth-order valence-corrected chi connectivity index (χ4v) is 2.13. The number of rotatable bonds is 1. The molecule has 18 heavy (non-hydrogen) atoms. The zero-order chi connectivity index (χ0) is 12.7. The molecule has 0 spiro atoms. The fourth-order valence-electron chi connectivity index (χ4n) is 1.96. The molecule has 0 aliphatic rings. The van der Waals surface area contributed by atoms with Gasteiger partial charge < -0.3 is 4.98 Å². The number of nitrogens with zero attached hydrogens (tertiary/aromatic N) is 1. The van der Waals surface area contributed by atoms with Crippen molar-refractivity contribution in [1.82, 2.24) is 9.55 Å². The number of hydrogen-bond donors (Lipinski definition) is 1. The molecule has 90 valence electrons. The maximum Gasteiger partial charge on any atom is 0.331 e. The molecule has 0 saturated carbocycles. The van der Waals surface area contributed by atoms with Crippen molar-refractivity contribution in [3.05, 3.63) is 63.8 Å². The number of fused-ring (bicyclic) bond motifs is 1. The van der Waals surface area contributed by atoms with E-state index in [0.717, 1.165) is 0 Å². The maximum absolute atomic E-state index is 13.7. The minimum absolute atomic E-state index is 0.219. The third kappa shape index (κ3) is 1.62. The number of H-pyrrole nitrogens is 1. The van der Waals surface area contributed by atoms with E-state index in [4.69, 9.17) is 11.6 Å². The van der Waals surface area contributed by atoms with Crippen molar-refractivity contribution in [2.75, 3.05) is 0 Å². The number of nitrogens with one attached hydrogen (secondary N) is 1. The lowest BCUT2D eigenvalue weighted by atomic mass is 10.2. The molecule has 3 rings (SSSR count). The minimum atomic E-state index is -0.449. The smallest absolute Gasteiger partial charge is 0.305 e. The van der Waals surface area contributed by atoms with Gasteiger partial charge in [-0.2, -0.15) is 0 Å². The molecule has 0 amide bonds. The van der Waals surface area contributed by atoms with Crippen molar-refractivity contribution < 1.29 is 4.39 Å². The lowest BCUT2D eigenvalue weighted by molar-refractivity contribution is 0.618. The van der Waals surface area contributed by atoms with E-state index < -0.39 is 11.5 Å². The summed E-state index contributed by atoms with van der Waals surface area (Å²) in [5, 5.41) is 0.518. The summed E-state index contributed by atoms with van der Waals surface area (Å²) in [4.78, 5) is 14.6. The van der Waals surface area contributed by atoms with Crippen LogP contribution in [0.2, 0.25) is 5.02 Å². The zero-order valence-electron chi connectivity index (χ0n) is 9.15. The van der Waals surface area contributed by atoms with Gasteiger partial charge in [0.25, 0.3) is 0 Å². The van der Waals surface area contributed by atoms with Crippen LogP contribution >= 0.6 is 11.6 Å². The average molecular weight is 263 g/mol. The molecule has 0 saturated heterocycles. The average Bonchev–Trinajstić information content (AvgIpc) is 2.65. The minimum Gasteiger partial charge on any atom is -0.305 e. The summed E-state index contributed by atoms with van der Waals surface area (Å²) in [6, 6.07) is 11.1. The van der Waals surface area contributed by atoms with E-state index in [2.05, 4.69) is 4.98 Å². The Hall–Kier alpha value is -2.07. The SMILES string of the molecule is O=c1[nH]c2cc(Cl)ccc2n1-c1ccccc1F. The van der Waals surface area contributed by atoms with Gasteiger partial charge in [-0.1, -0.05) is 23.7 Å². The summed E-state index contributed by atoms with van der Waals surface area (Å²) in [6.07, 6.45) is 0. The molecule has 0 bridgehead atoms. The highest BCUT2D eigenvalue weighted by molar-refractivity contribution is 6.31. The first-order valence-corrected chi connectivity index (χ1v) is 5.70. The largest absolute Gasteiger partial charge is 0.331 e. The van der Waals surface area contributed by atoms with Gasteiger partial charge in [0.1, 0.15) is 5.82 Å². The standard InChI is InChI=1S/C13H8ClFN2O/c14-8-5-6-12-10(7-8)16-13(18)17(12)11-4-2-1-3-9(11)15/h1-7H,(H,16,18). The van der Waals surface area contributed by atoms with Crippen LogP contribution in [0.5, 0.6) is 0 Å². The van der Waals surface area contributed by atoms with Crippen LogP contribution in [0.3, 0.4) is 0 Å². The lowest BCUT2D eigenvalue weighted by Crippen LogP contribution is -2.15. The Labute approximate surface area is 106 Å². The van der Waals surface area contributed by atoms with E-state index in [9.17, 15) is 9.18 Å². The highest BCUT2D eigenvalue weighted by atomic mass is 35.5. The van der Waals surface area contributed by atoms with Crippen LogP contribution in [0.15, 0.2) is 47.3 Å². The summed E-state index contributed by atoms with van der Waals surface area (Å²) >= 11 is 5.85. The monoisotopic (exact) mass is 262 g/mol. The summed E-state index contributed by atoms with van der Waals surface area (Å²) in [5.41, 5.74) is 0.999. The molecular weight excluding hydrogens is 255 g/mol. The van der Waals surface area contributed by atoms with Crippen LogP contribution < -0.4 is 5.69 Å². The van der Waals surface area contributed by atoms with Crippen LogP contribution in [0.4, 0.5) is 4.39 Å². The van der Waals surface area contributed by atoms with E-state index in [1.165, 1.54) is 10.6 Å². The second kappa shape index (κ2) is 3.99. The number of para-hydroxylation sites is 1. The molecular formula is C13H8ClFN2O. The Balaban J connectivity index is 2.40. The van der Waals surface area contributed by atoms with Crippen molar-refractivity contribution in [3.8, 4) is 5.69 Å². The van der Waals surface area contributed by atoms with Gasteiger partial charge in [-0.25, -0.2) is 9.18 Å². The van der Waals surface area contributed by atoms with Crippen LogP contribution in [-0.4, -0.2) is 9.55 Å². The second-order valence-electron chi connectivity index (χ2n) is 3.88. The summed E-state index contributed by atoms with van der Waals surface area (Å²) in [5.74, 6) is -0.449. The molecule has 5 heteroatoms. The maximum atomic E-state index is 13.7. The summed E-state index contributed by atoms with van der Waals surface area (Å²) < 4.78 is 15.0. The quantitative estimate of drug-likeness (QED) is 0.719. The normalized spacial score (nSPS) is 11.0. The van der Waals surface area contributed by atoms with Gasteiger partial charge in [0.2, 0.25) is 0 Å². The highest BCUT2D eigenvalue weighted by Crippen LogP contribution is 2.20. The van der Waals surface area contributed by atoms with Crippen LogP contribution in [0.25, 0.3) is 16.7 Å². The number of halogens is 2. The molecule has 3 nitrogen and oxygen atoms in total. The van der Waals surface area contributed by atoms with Crippen LogP contribution in [0, 0.1) is 5.82 Å². The van der Waals surface area contributed by atoms with Crippen molar-refractivity contribution in [2.24, 2.45) is 0 Å². The van der Waals surface area contributed by atoms with E-state index in [1.807, 2.05) is 0 Å². The van der Waals surface area contributed by atoms with Gasteiger partial charge in [-0.05, 0) is 30.3 Å². The molecule has 0 unspecified atom stereocenters.